The molecule has 2 bridgehead atoms. The summed E-state index contributed by atoms with van der Waals surface area (Å²) < 4.78 is 6.03. The van der Waals surface area contributed by atoms with Crippen molar-refractivity contribution >= 4 is 0 Å². The van der Waals surface area contributed by atoms with Crippen molar-refractivity contribution in [3.63, 3.8) is 0 Å². The Bertz CT molecular complexity index is 916. The molecular weight excluding hydrogens is 344 g/mol. The van der Waals surface area contributed by atoms with Crippen molar-refractivity contribution in [1.82, 2.24) is 30.5 Å². The quantitative estimate of drug-likeness (QED) is 0.731. The minimum Gasteiger partial charge on any atom is -0.507 e. The summed E-state index contributed by atoms with van der Waals surface area (Å²) in [5.74, 6) is 0.629. The summed E-state index contributed by atoms with van der Waals surface area (Å²) >= 11 is 0. The van der Waals surface area contributed by atoms with Gasteiger partial charge in [0.1, 0.15) is 11.9 Å². The van der Waals surface area contributed by atoms with E-state index in [2.05, 4.69) is 25.7 Å². The summed E-state index contributed by atoms with van der Waals surface area (Å²) in [4.78, 5) is 1.44. The Morgan fingerprint density at radius 3 is 2.44 bits per heavy atom. The first kappa shape index (κ1) is 16.2. The number of piperidine rings is 1. The minimum absolute atomic E-state index is 0.0997. The van der Waals surface area contributed by atoms with Crippen LogP contribution in [0.1, 0.15) is 25.7 Å². The topological polar surface area (TPSA) is 98.0 Å². The second kappa shape index (κ2) is 6.62. The molecule has 0 amide bonds. The third-order valence-electron chi connectivity index (χ3n) is 5.26. The van der Waals surface area contributed by atoms with Gasteiger partial charge in [0.05, 0.1) is 23.8 Å². The third-order valence-corrected chi connectivity index (χ3v) is 5.26. The van der Waals surface area contributed by atoms with E-state index in [0.717, 1.165) is 12.8 Å². The molecule has 0 saturated carbocycles. The average molecular weight is 364 g/mol. The van der Waals surface area contributed by atoms with Gasteiger partial charge >= 0.3 is 0 Å². The molecule has 4 heterocycles. The van der Waals surface area contributed by atoms with Crippen LogP contribution in [0.3, 0.4) is 0 Å². The number of aromatic nitrogens is 5. The maximum absolute atomic E-state index is 10.4. The van der Waals surface area contributed by atoms with Crippen LogP contribution in [0.5, 0.6) is 11.6 Å². The van der Waals surface area contributed by atoms with E-state index in [4.69, 9.17) is 4.74 Å². The molecule has 2 aliphatic heterocycles. The maximum atomic E-state index is 10.4. The van der Waals surface area contributed by atoms with Crippen molar-refractivity contribution in [2.45, 2.75) is 43.9 Å². The number of ether oxygens (including phenoxy) is 1. The fourth-order valence-corrected chi connectivity index (χ4v) is 4.01. The molecule has 0 spiro atoms. The fourth-order valence-electron chi connectivity index (χ4n) is 4.01. The number of hydrogen-bond donors (Lipinski definition) is 2. The van der Waals surface area contributed by atoms with E-state index >= 15 is 0 Å². The monoisotopic (exact) mass is 364 g/mol. The van der Waals surface area contributed by atoms with Gasteiger partial charge in [0.2, 0.25) is 5.88 Å². The highest BCUT2D eigenvalue weighted by Gasteiger charge is 2.34. The molecule has 8 nitrogen and oxygen atoms in total. The molecular formula is C19H20N6O2. The normalized spacial score (nSPS) is 24.1. The molecule has 1 unspecified atom stereocenters. The lowest BCUT2D eigenvalue weighted by Crippen LogP contribution is -2.42. The van der Waals surface area contributed by atoms with Gasteiger partial charge in [-0.05, 0) is 43.9 Å². The smallest absolute Gasteiger partial charge is 0.233 e. The molecule has 3 atom stereocenters. The molecule has 0 radical (unpaired) electrons. The zero-order valence-corrected chi connectivity index (χ0v) is 14.7. The predicted octanol–water partition coefficient (Wildman–Crippen LogP) is 2.09. The second-order valence-electron chi connectivity index (χ2n) is 7.13. The summed E-state index contributed by atoms with van der Waals surface area (Å²) in [6.07, 6.45) is 7.87. The molecule has 3 aromatic rings. The Morgan fingerprint density at radius 2 is 1.78 bits per heavy atom. The van der Waals surface area contributed by atoms with Crippen molar-refractivity contribution in [3.8, 4) is 28.6 Å². The molecule has 5 rings (SSSR count). The first-order chi connectivity index (χ1) is 13.2. The third kappa shape index (κ3) is 3.23. The van der Waals surface area contributed by atoms with Crippen LogP contribution in [-0.4, -0.2) is 48.5 Å². The number of fused-ring (bicyclic) bond motifs is 2. The fraction of sp³-hybridized carbons (Fsp3) is 0.368. The number of aromatic hydroxyl groups is 1. The molecule has 0 aliphatic carbocycles. The van der Waals surface area contributed by atoms with Crippen molar-refractivity contribution in [1.29, 1.82) is 0 Å². The predicted molar refractivity (Wildman–Crippen MR) is 97.6 cm³/mol. The van der Waals surface area contributed by atoms with Gasteiger partial charge in [-0.2, -0.15) is 15.0 Å². The van der Waals surface area contributed by atoms with Gasteiger partial charge in [0.15, 0.2) is 0 Å². The number of rotatable bonds is 4. The number of hydrogen-bond acceptors (Lipinski definition) is 7. The SMILES string of the molecule is Oc1cc(-n2nccn2)ccc1-c1ccc(OC2C[C@H]3CC[C@@H](C2)N3)nn1. The molecule has 8 heteroatoms. The number of nitrogens with zero attached hydrogens (tertiary/aromatic N) is 5. The Kier molecular flexibility index (Phi) is 3.97. The molecule has 1 aromatic carbocycles. The Balaban J connectivity index is 1.31. The summed E-state index contributed by atoms with van der Waals surface area (Å²) in [6, 6.07) is 9.98. The summed E-state index contributed by atoms with van der Waals surface area (Å²) in [6.45, 7) is 0. The largest absolute Gasteiger partial charge is 0.507 e. The number of phenols is 1. The molecule has 2 N–H and O–H groups in total. The van der Waals surface area contributed by atoms with E-state index in [0.29, 0.717) is 34.9 Å². The van der Waals surface area contributed by atoms with Crippen LogP contribution >= 0.6 is 0 Å². The van der Waals surface area contributed by atoms with Gasteiger partial charge in [0.25, 0.3) is 0 Å². The molecule has 2 saturated heterocycles. The summed E-state index contributed by atoms with van der Waals surface area (Å²) in [5, 5.41) is 30.5. The van der Waals surface area contributed by atoms with Crippen molar-refractivity contribution in [2.24, 2.45) is 0 Å². The highest BCUT2D eigenvalue weighted by molar-refractivity contribution is 5.68. The lowest BCUT2D eigenvalue weighted by atomic mass is 10.0. The summed E-state index contributed by atoms with van der Waals surface area (Å²) in [5.41, 5.74) is 1.87. The van der Waals surface area contributed by atoms with E-state index in [1.165, 1.54) is 17.6 Å². The van der Waals surface area contributed by atoms with Crippen LogP contribution in [-0.2, 0) is 0 Å². The van der Waals surface area contributed by atoms with Crippen LogP contribution in [0.4, 0.5) is 0 Å². The molecule has 2 aromatic heterocycles. The van der Waals surface area contributed by atoms with Gasteiger partial charge in [-0.3, -0.25) is 0 Å². The first-order valence-corrected chi connectivity index (χ1v) is 9.21. The van der Waals surface area contributed by atoms with Gasteiger partial charge in [-0.25, -0.2) is 0 Å². The Hall–Kier alpha value is -3.00. The molecule has 27 heavy (non-hydrogen) atoms. The average Bonchev–Trinajstić information content (AvgIpc) is 3.32. The van der Waals surface area contributed by atoms with Gasteiger partial charge < -0.3 is 15.2 Å². The van der Waals surface area contributed by atoms with Crippen LogP contribution in [0, 0.1) is 0 Å². The maximum Gasteiger partial charge on any atom is 0.233 e. The lowest BCUT2D eigenvalue weighted by Gasteiger charge is -2.28. The van der Waals surface area contributed by atoms with E-state index < -0.39 is 0 Å². The van der Waals surface area contributed by atoms with Gasteiger partial charge in [-0.15, -0.1) is 10.2 Å². The standard InChI is InChI=1S/C19H20N6O2/c26-18-11-14(25-20-7-8-21-25)3-4-16(18)17-5-6-19(24-23-17)27-15-9-12-1-2-13(10-15)22-12/h3-8,11-13,15,22,26H,1-2,9-10H2/t12-,13+,15?. The number of benzene rings is 1. The number of phenolic OH excluding ortho intramolecular Hbond substituents is 1. The highest BCUT2D eigenvalue weighted by atomic mass is 16.5. The van der Waals surface area contributed by atoms with Crippen molar-refractivity contribution in [2.75, 3.05) is 0 Å². The van der Waals surface area contributed by atoms with Crippen LogP contribution in [0.2, 0.25) is 0 Å². The minimum atomic E-state index is 0.0997. The van der Waals surface area contributed by atoms with Crippen molar-refractivity contribution < 1.29 is 9.84 Å². The van der Waals surface area contributed by atoms with E-state index in [-0.39, 0.29) is 11.9 Å². The first-order valence-electron chi connectivity index (χ1n) is 9.21. The van der Waals surface area contributed by atoms with Gasteiger partial charge in [-0.1, -0.05) is 0 Å². The van der Waals surface area contributed by atoms with Crippen LogP contribution < -0.4 is 10.1 Å². The molecule has 2 fully saturated rings. The van der Waals surface area contributed by atoms with E-state index in [9.17, 15) is 5.11 Å². The zero-order chi connectivity index (χ0) is 18.2. The lowest BCUT2D eigenvalue weighted by molar-refractivity contribution is 0.130. The van der Waals surface area contributed by atoms with Gasteiger partial charge in [0, 0.05) is 29.8 Å². The van der Waals surface area contributed by atoms with Crippen LogP contribution in [0.25, 0.3) is 16.9 Å². The molecule has 138 valence electrons. The van der Waals surface area contributed by atoms with E-state index in [1.807, 2.05) is 18.2 Å². The van der Waals surface area contributed by atoms with Crippen LogP contribution in [0.15, 0.2) is 42.7 Å². The second-order valence-corrected chi connectivity index (χ2v) is 7.13. The zero-order valence-electron chi connectivity index (χ0n) is 14.7. The summed E-state index contributed by atoms with van der Waals surface area (Å²) in [7, 11) is 0. The molecule has 2 aliphatic rings. The Morgan fingerprint density at radius 1 is 1.00 bits per heavy atom. The van der Waals surface area contributed by atoms with Crippen molar-refractivity contribution in [3.05, 3.63) is 42.7 Å². The Labute approximate surface area is 156 Å². The van der Waals surface area contributed by atoms with E-state index in [1.54, 1.807) is 24.5 Å². The highest BCUT2D eigenvalue weighted by Crippen LogP contribution is 2.31. The number of nitrogens with one attached hydrogen (secondary N) is 1.